The van der Waals surface area contributed by atoms with Crippen molar-refractivity contribution in [3.63, 3.8) is 0 Å². The maximum atomic E-state index is 14.7. The van der Waals surface area contributed by atoms with Crippen LogP contribution in [-0.4, -0.2) is 133 Å². The minimum atomic E-state index is -0.870. The van der Waals surface area contributed by atoms with E-state index >= 15 is 0 Å². The van der Waals surface area contributed by atoms with Crippen molar-refractivity contribution in [2.45, 2.75) is 70.0 Å². The number of likely N-dealkylation sites (tertiary alicyclic amines) is 1. The van der Waals surface area contributed by atoms with Gasteiger partial charge < -0.3 is 20.0 Å². The maximum absolute atomic E-state index is 14.7. The molecule has 2 N–H and O–H groups in total. The van der Waals surface area contributed by atoms with Crippen LogP contribution in [0.2, 0.25) is 0 Å². The van der Waals surface area contributed by atoms with Crippen molar-refractivity contribution in [2.75, 3.05) is 89.3 Å². The standard InChI is InChI=1S/C46H59FN10O4/c1-31-7-6-8-39(47)37(31)28-54-29-38(42(30-54)52(2)3)32-9-11-34(12-10-32)56-25-23-53(24-26-56)20-5-4-19-48-44(59)33-17-21-55(22-18-33)35-13-14-40-36(27-35)46(61)57(51-50-40)41-15-16-43(58)49-45(41)60/h6-14,27,33,38,41-42H,4-5,15-26,28-30H2,1-3H3,(H,48,59)(H,49,58,60)/t38?,41?,42-/m0/s1. The lowest BCUT2D eigenvalue weighted by Crippen LogP contribution is -2.46. The number of nitrogens with one attached hydrogen (secondary N) is 2. The number of rotatable bonds is 13. The van der Waals surface area contributed by atoms with Gasteiger partial charge in [-0.1, -0.05) is 29.5 Å². The lowest BCUT2D eigenvalue weighted by Gasteiger charge is -2.36. The summed E-state index contributed by atoms with van der Waals surface area (Å²) < 4.78 is 15.7. The molecule has 0 spiro atoms. The summed E-state index contributed by atoms with van der Waals surface area (Å²) in [6.07, 6.45) is 3.76. The van der Waals surface area contributed by atoms with Crippen LogP contribution in [0.1, 0.15) is 67.2 Å². The van der Waals surface area contributed by atoms with Crippen LogP contribution in [0, 0.1) is 18.7 Å². The summed E-state index contributed by atoms with van der Waals surface area (Å²) in [4.78, 5) is 62.4. The van der Waals surface area contributed by atoms with Gasteiger partial charge in [-0.3, -0.25) is 34.3 Å². The van der Waals surface area contributed by atoms with E-state index in [1.807, 2.05) is 19.1 Å². The number of anilines is 2. The number of aromatic nitrogens is 3. The number of benzene rings is 3. The van der Waals surface area contributed by atoms with E-state index in [1.54, 1.807) is 24.3 Å². The van der Waals surface area contributed by atoms with Crippen molar-refractivity contribution >= 4 is 40.0 Å². The molecule has 4 saturated heterocycles. The highest BCUT2D eigenvalue weighted by Gasteiger charge is 2.36. The van der Waals surface area contributed by atoms with Crippen molar-refractivity contribution < 1.29 is 18.8 Å². The Balaban J connectivity index is 0.737. The third-order valence-electron chi connectivity index (χ3n) is 13.4. The molecule has 3 aromatic carbocycles. The summed E-state index contributed by atoms with van der Waals surface area (Å²) in [5.41, 5.74) is 5.30. The van der Waals surface area contributed by atoms with E-state index in [9.17, 15) is 23.6 Å². The lowest BCUT2D eigenvalue weighted by atomic mass is 9.93. The number of imide groups is 1. The molecule has 4 aromatic rings. The van der Waals surface area contributed by atoms with Crippen molar-refractivity contribution in [3.05, 3.63) is 93.5 Å². The molecule has 8 rings (SSSR count). The molecule has 61 heavy (non-hydrogen) atoms. The molecule has 0 saturated carbocycles. The quantitative estimate of drug-likeness (QED) is 0.151. The van der Waals surface area contributed by atoms with Crippen LogP contribution >= 0.6 is 0 Å². The summed E-state index contributed by atoms with van der Waals surface area (Å²) in [6, 6.07) is 19.5. The van der Waals surface area contributed by atoms with E-state index in [2.05, 4.69) is 83.8 Å². The molecule has 15 heteroatoms. The number of fused-ring (bicyclic) bond motifs is 1. The summed E-state index contributed by atoms with van der Waals surface area (Å²) in [5.74, 6) is -0.589. The Hall–Kier alpha value is -5.25. The van der Waals surface area contributed by atoms with Crippen molar-refractivity contribution in [3.8, 4) is 0 Å². The Bertz CT molecular complexity index is 2250. The average molecular weight is 835 g/mol. The largest absolute Gasteiger partial charge is 0.371 e. The SMILES string of the molecule is Cc1cccc(F)c1CN1CC(c2ccc(N3CCN(CCCCNC(=O)C4CCN(c5ccc6nnn(C7CCC(=O)NC7=O)c(=O)c6c5)CC4)CC3)cc2)[C@@H](N(C)C)C1. The highest BCUT2D eigenvalue weighted by Crippen LogP contribution is 2.33. The van der Waals surface area contributed by atoms with Gasteiger partial charge in [0.15, 0.2) is 0 Å². The number of likely N-dealkylation sites (N-methyl/N-ethyl adjacent to an activating group) is 1. The van der Waals surface area contributed by atoms with Crippen LogP contribution in [0.25, 0.3) is 10.9 Å². The second-order valence-corrected chi connectivity index (χ2v) is 17.6. The van der Waals surface area contributed by atoms with E-state index in [1.165, 1.54) is 11.3 Å². The maximum Gasteiger partial charge on any atom is 0.278 e. The van der Waals surface area contributed by atoms with Gasteiger partial charge in [0, 0.05) is 107 Å². The molecule has 4 aliphatic heterocycles. The van der Waals surface area contributed by atoms with Gasteiger partial charge >= 0.3 is 0 Å². The van der Waals surface area contributed by atoms with Gasteiger partial charge in [0.05, 0.1) is 5.39 Å². The number of carbonyl (C=O) groups is 3. The van der Waals surface area contributed by atoms with E-state index in [0.29, 0.717) is 49.0 Å². The molecule has 0 aliphatic carbocycles. The molecule has 4 fully saturated rings. The Kier molecular flexibility index (Phi) is 13.1. The summed E-state index contributed by atoms with van der Waals surface area (Å²) in [7, 11) is 4.29. The molecular weight excluding hydrogens is 776 g/mol. The van der Waals surface area contributed by atoms with E-state index in [-0.39, 0.29) is 36.4 Å². The molecule has 0 bridgehead atoms. The van der Waals surface area contributed by atoms with Crippen LogP contribution in [0.4, 0.5) is 15.8 Å². The second-order valence-electron chi connectivity index (χ2n) is 17.6. The van der Waals surface area contributed by atoms with Gasteiger partial charge in [-0.25, -0.2) is 4.39 Å². The number of hydrogen-bond acceptors (Lipinski definition) is 11. The Labute approximate surface area is 357 Å². The first-order valence-electron chi connectivity index (χ1n) is 22.0. The van der Waals surface area contributed by atoms with E-state index in [4.69, 9.17) is 0 Å². The zero-order valence-corrected chi connectivity index (χ0v) is 35.7. The fourth-order valence-corrected chi connectivity index (χ4v) is 9.67. The van der Waals surface area contributed by atoms with Gasteiger partial charge in [-0.2, -0.15) is 4.68 Å². The third kappa shape index (κ3) is 9.63. The van der Waals surface area contributed by atoms with Crippen LogP contribution < -0.4 is 26.0 Å². The Morgan fingerprint density at radius 3 is 2.33 bits per heavy atom. The number of aryl methyl sites for hydroxylation is 1. The van der Waals surface area contributed by atoms with E-state index in [0.717, 1.165) is 93.0 Å². The number of hydrogen-bond donors (Lipinski definition) is 2. The molecule has 324 valence electrons. The predicted molar refractivity (Wildman–Crippen MR) is 234 cm³/mol. The summed E-state index contributed by atoms with van der Waals surface area (Å²) >= 11 is 0. The van der Waals surface area contributed by atoms with Gasteiger partial charge in [0.2, 0.25) is 11.8 Å². The zero-order chi connectivity index (χ0) is 42.6. The second kappa shape index (κ2) is 18.8. The Morgan fingerprint density at radius 1 is 0.869 bits per heavy atom. The number of carbonyl (C=O) groups excluding carboxylic acids is 3. The first-order chi connectivity index (χ1) is 29.5. The molecular formula is C46H59FN10O4. The van der Waals surface area contributed by atoms with Gasteiger partial charge in [0.1, 0.15) is 17.4 Å². The van der Waals surface area contributed by atoms with Crippen molar-refractivity contribution in [1.82, 2.24) is 40.3 Å². The summed E-state index contributed by atoms with van der Waals surface area (Å²) in [6.45, 7) is 11.5. The minimum Gasteiger partial charge on any atom is -0.371 e. The first kappa shape index (κ1) is 42.4. The Morgan fingerprint density at radius 2 is 1.61 bits per heavy atom. The fraction of sp³-hybridized carbons (Fsp3) is 0.522. The first-order valence-corrected chi connectivity index (χ1v) is 22.0. The third-order valence-corrected chi connectivity index (χ3v) is 13.4. The van der Waals surface area contributed by atoms with Crippen LogP contribution in [-0.2, 0) is 20.9 Å². The molecule has 5 heterocycles. The predicted octanol–water partition coefficient (Wildman–Crippen LogP) is 3.68. The molecule has 3 amide bonds. The molecule has 14 nitrogen and oxygen atoms in total. The number of unbranched alkanes of at least 4 members (excludes halogenated alkanes) is 1. The molecule has 1 aromatic heterocycles. The fourth-order valence-electron chi connectivity index (χ4n) is 9.67. The average Bonchev–Trinajstić information content (AvgIpc) is 3.70. The molecule has 3 atom stereocenters. The van der Waals surface area contributed by atoms with Crippen molar-refractivity contribution in [2.24, 2.45) is 5.92 Å². The van der Waals surface area contributed by atoms with Crippen LogP contribution in [0.15, 0.2) is 65.5 Å². The monoisotopic (exact) mass is 834 g/mol. The lowest BCUT2D eigenvalue weighted by molar-refractivity contribution is -0.136. The zero-order valence-electron chi connectivity index (χ0n) is 35.7. The normalized spacial score (nSPS) is 22.0. The van der Waals surface area contributed by atoms with E-state index < -0.39 is 17.5 Å². The topological polar surface area (TPSA) is 139 Å². The highest BCUT2D eigenvalue weighted by molar-refractivity contribution is 5.99. The van der Waals surface area contributed by atoms with Crippen LogP contribution in [0.5, 0.6) is 0 Å². The summed E-state index contributed by atoms with van der Waals surface area (Å²) in [5, 5.41) is 14.0. The van der Waals surface area contributed by atoms with Crippen LogP contribution in [0.3, 0.4) is 0 Å². The van der Waals surface area contributed by atoms with Gasteiger partial charge in [-0.05, 0) is 107 Å². The number of piperazine rings is 1. The molecule has 0 radical (unpaired) electrons. The smallest absolute Gasteiger partial charge is 0.278 e. The number of piperidine rings is 2. The number of halogens is 1. The van der Waals surface area contributed by atoms with Crippen molar-refractivity contribution in [1.29, 1.82) is 0 Å². The highest BCUT2D eigenvalue weighted by atomic mass is 19.1. The number of amides is 3. The minimum absolute atomic E-state index is 0.0494. The molecule has 2 unspecified atom stereocenters. The number of nitrogens with zero attached hydrogens (tertiary/aromatic N) is 8. The van der Waals surface area contributed by atoms with Gasteiger partial charge in [0.25, 0.3) is 11.5 Å². The van der Waals surface area contributed by atoms with Gasteiger partial charge in [-0.15, -0.1) is 5.10 Å². The molecule has 4 aliphatic rings.